The fourth-order valence-electron chi connectivity index (χ4n) is 5.34. The number of benzene rings is 2. The van der Waals surface area contributed by atoms with E-state index in [1.54, 1.807) is 20.3 Å². The molecular weight excluding hydrogens is 520 g/mol. The SMILES string of the molecule is COc1ccc(CCNCCCN2C(=O)c3c(cc(N)c4[nH]c(-c5cccc(C)n5)nc34)C(C)(C)C2=O)cc1OC. The molecule has 1 aliphatic rings. The van der Waals surface area contributed by atoms with Crippen LogP contribution in [0.2, 0.25) is 0 Å². The standard InChI is InChI=1S/C31H36N6O4/c1-18-8-6-9-22(34-18)28-35-26-21(32)17-20-25(27(26)36-28)29(38)37(30(39)31(20,2)3)15-7-13-33-14-12-19-10-11-23(40-4)24(16-19)41-5/h6,8-11,16-17,33H,7,12-15,32H2,1-5H3,(H,35,36). The molecule has 41 heavy (non-hydrogen) atoms. The van der Waals surface area contributed by atoms with Gasteiger partial charge in [0.05, 0.1) is 36.4 Å². The molecule has 0 saturated carbocycles. The lowest BCUT2D eigenvalue weighted by Gasteiger charge is -2.37. The molecule has 0 radical (unpaired) electrons. The number of nitrogens with zero attached hydrogens (tertiary/aromatic N) is 3. The number of aryl methyl sites for hydroxylation is 1. The number of hydrogen-bond acceptors (Lipinski definition) is 8. The van der Waals surface area contributed by atoms with Crippen LogP contribution in [-0.4, -0.2) is 65.5 Å². The summed E-state index contributed by atoms with van der Waals surface area (Å²) in [5.74, 6) is 1.33. The van der Waals surface area contributed by atoms with Gasteiger partial charge in [-0.15, -0.1) is 0 Å². The van der Waals surface area contributed by atoms with Crippen molar-refractivity contribution < 1.29 is 19.1 Å². The minimum absolute atomic E-state index is 0.241. The maximum absolute atomic E-state index is 13.8. The van der Waals surface area contributed by atoms with Crippen LogP contribution in [0, 0.1) is 6.92 Å². The number of hydrogen-bond donors (Lipinski definition) is 3. The molecule has 0 saturated heterocycles. The first-order chi connectivity index (χ1) is 19.6. The van der Waals surface area contributed by atoms with Crippen molar-refractivity contribution in [3.8, 4) is 23.0 Å². The zero-order valence-electron chi connectivity index (χ0n) is 24.1. The van der Waals surface area contributed by atoms with Gasteiger partial charge >= 0.3 is 0 Å². The van der Waals surface area contributed by atoms with Crippen molar-refractivity contribution in [2.24, 2.45) is 0 Å². The number of nitrogens with two attached hydrogens (primary N) is 1. The van der Waals surface area contributed by atoms with Gasteiger partial charge in [-0.05, 0) is 88.2 Å². The van der Waals surface area contributed by atoms with Crippen molar-refractivity contribution in [1.82, 2.24) is 25.2 Å². The van der Waals surface area contributed by atoms with Crippen molar-refractivity contribution in [2.45, 2.75) is 39.0 Å². The number of anilines is 1. The first kappa shape index (κ1) is 28.1. The Balaban J connectivity index is 1.30. The van der Waals surface area contributed by atoms with Crippen molar-refractivity contribution >= 4 is 28.5 Å². The minimum Gasteiger partial charge on any atom is -0.493 e. The zero-order chi connectivity index (χ0) is 29.3. The molecule has 2 amide bonds. The van der Waals surface area contributed by atoms with Gasteiger partial charge in [-0.25, -0.2) is 9.97 Å². The Morgan fingerprint density at radius 3 is 2.54 bits per heavy atom. The number of nitrogens with one attached hydrogen (secondary N) is 2. The zero-order valence-corrected chi connectivity index (χ0v) is 24.1. The van der Waals surface area contributed by atoms with Gasteiger partial charge in [-0.2, -0.15) is 0 Å². The van der Waals surface area contributed by atoms with Crippen LogP contribution in [0.25, 0.3) is 22.6 Å². The Hall–Kier alpha value is -4.44. The van der Waals surface area contributed by atoms with Gasteiger partial charge in [0.15, 0.2) is 17.3 Å². The number of amides is 2. The molecule has 1 aliphatic heterocycles. The third-order valence-corrected chi connectivity index (χ3v) is 7.62. The van der Waals surface area contributed by atoms with E-state index in [4.69, 9.17) is 20.2 Å². The summed E-state index contributed by atoms with van der Waals surface area (Å²) in [5, 5.41) is 3.41. The average Bonchev–Trinajstić information content (AvgIpc) is 3.41. The molecule has 0 fully saturated rings. The van der Waals surface area contributed by atoms with E-state index in [0.717, 1.165) is 24.2 Å². The number of carbonyl (C=O) groups excluding carboxylic acids is 2. The molecule has 3 heterocycles. The number of fused-ring (bicyclic) bond motifs is 3. The third kappa shape index (κ3) is 5.22. The molecule has 5 rings (SSSR count). The summed E-state index contributed by atoms with van der Waals surface area (Å²) in [7, 11) is 3.23. The van der Waals surface area contributed by atoms with Crippen molar-refractivity contribution in [3.63, 3.8) is 0 Å². The maximum Gasteiger partial charge on any atom is 0.263 e. The highest BCUT2D eigenvalue weighted by molar-refractivity contribution is 6.19. The van der Waals surface area contributed by atoms with Crippen molar-refractivity contribution in [2.75, 3.05) is 39.6 Å². The largest absolute Gasteiger partial charge is 0.493 e. The minimum atomic E-state index is -0.937. The Bertz CT molecular complexity index is 1630. The summed E-state index contributed by atoms with van der Waals surface area (Å²) < 4.78 is 10.7. The molecule has 0 aliphatic carbocycles. The normalized spacial score (nSPS) is 14.4. The van der Waals surface area contributed by atoms with Crippen LogP contribution in [-0.2, 0) is 16.6 Å². The molecular formula is C31H36N6O4. The molecule has 214 valence electrons. The van der Waals surface area contributed by atoms with Gasteiger partial charge in [0.2, 0.25) is 5.91 Å². The summed E-state index contributed by atoms with van der Waals surface area (Å²) in [6.45, 7) is 7.26. The monoisotopic (exact) mass is 556 g/mol. The number of carbonyl (C=O) groups is 2. The number of aromatic nitrogens is 3. The van der Waals surface area contributed by atoms with E-state index in [9.17, 15) is 9.59 Å². The number of pyridine rings is 1. The van der Waals surface area contributed by atoms with Crippen molar-refractivity contribution in [3.05, 3.63) is 64.8 Å². The van der Waals surface area contributed by atoms with Gasteiger partial charge < -0.3 is 25.5 Å². The van der Waals surface area contributed by atoms with Crippen LogP contribution >= 0.6 is 0 Å². The van der Waals surface area contributed by atoms with E-state index in [0.29, 0.717) is 70.4 Å². The van der Waals surface area contributed by atoms with E-state index >= 15 is 0 Å². The summed E-state index contributed by atoms with van der Waals surface area (Å²) in [5.41, 5.74) is 10.6. The van der Waals surface area contributed by atoms with Gasteiger partial charge in [-0.3, -0.25) is 14.5 Å². The smallest absolute Gasteiger partial charge is 0.263 e. The molecule has 0 unspecified atom stereocenters. The Labute approximate surface area is 239 Å². The van der Waals surface area contributed by atoms with Crippen molar-refractivity contribution in [1.29, 1.82) is 0 Å². The lowest BCUT2D eigenvalue weighted by Crippen LogP contribution is -2.52. The second kappa shape index (κ2) is 11.2. The lowest BCUT2D eigenvalue weighted by molar-refractivity contribution is -0.134. The molecule has 0 spiro atoms. The molecule has 0 atom stereocenters. The molecule has 2 aromatic carbocycles. The van der Waals surface area contributed by atoms with Crippen LogP contribution in [0.1, 0.15) is 47.4 Å². The second-order valence-corrected chi connectivity index (χ2v) is 10.8. The van der Waals surface area contributed by atoms with Crippen LogP contribution in [0.4, 0.5) is 5.69 Å². The average molecular weight is 557 g/mol. The molecule has 10 heteroatoms. The number of nitrogen functional groups attached to an aromatic ring is 1. The molecule has 4 aromatic rings. The number of H-pyrrole nitrogens is 1. The Kier molecular flexibility index (Phi) is 7.68. The van der Waals surface area contributed by atoms with Gasteiger partial charge in [0.25, 0.3) is 5.91 Å². The second-order valence-electron chi connectivity index (χ2n) is 10.8. The first-order valence-electron chi connectivity index (χ1n) is 13.7. The molecule has 10 nitrogen and oxygen atoms in total. The maximum atomic E-state index is 13.8. The van der Waals surface area contributed by atoms with Crippen LogP contribution in [0.3, 0.4) is 0 Å². The lowest BCUT2D eigenvalue weighted by atomic mass is 9.76. The highest BCUT2D eigenvalue weighted by Gasteiger charge is 2.46. The van der Waals surface area contributed by atoms with Gasteiger partial charge in [-0.1, -0.05) is 12.1 Å². The molecule has 0 bridgehead atoms. The fourth-order valence-corrected chi connectivity index (χ4v) is 5.34. The number of methoxy groups -OCH3 is 2. The summed E-state index contributed by atoms with van der Waals surface area (Å²) in [4.78, 5) is 41.3. The van der Waals surface area contributed by atoms with Crippen LogP contribution in [0.15, 0.2) is 42.5 Å². The predicted molar refractivity (Wildman–Crippen MR) is 158 cm³/mol. The Morgan fingerprint density at radius 1 is 1.02 bits per heavy atom. The first-order valence-corrected chi connectivity index (χ1v) is 13.7. The molecule has 4 N–H and O–H groups in total. The van der Waals surface area contributed by atoms with Gasteiger partial charge in [0, 0.05) is 12.2 Å². The quantitative estimate of drug-likeness (QED) is 0.151. The van der Waals surface area contributed by atoms with E-state index < -0.39 is 5.41 Å². The topological polar surface area (TPSA) is 135 Å². The summed E-state index contributed by atoms with van der Waals surface area (Å²) in [6.07, 6.45) is 1.42. The van der Waals surface area contributed by atoms with E-state index in [1.165, 1.54) is 4.90 Å². The number of rotatable bonds is 10. The Morgan fingerprint density at radius 2 is 1.80 bits per heavy atom. The fraction of sp³-hybridized carbons (Fsp3) is 0.355. The number of aromatic amines is 1. The summed E-state index contributed by atoms with van der Waals surface area (Å²) >= 11 is 0. The van der Waals surface area contributed by atoms with E-state index in [-0.39, 0.29) is 11.8 Å². The summed E-state index contributed by atoms with van der Waals surface area (Å²) in [6, 6.07) is 13.3. The number of ether oxygens (including phenoxy) is 2. The van der Waals surface area contributed by atoms with Gasteiger partial charge in [0.1, 0.15) is 11.2 Å². The third-order valence-electron chi connectivity index (χ3n) is 7.62. The van der Waals surface area contributed by atoms with E-state index in [1.807, 2.05) is 57.2 Å². The van der Waals surface area contributed by atoms with E-state index in [2.05, 4.69) is 15.3 Å². The van der Waals surface area contributed by atoms with Crippen LogP contribution in [0.5, 0.6) is 11.5 Å². The predicted octanol–water partition coefficient (Wildman–Crippen LogP) is 4.02. The number of imide groups is 1. The number of imidazole rings is 1. The molecule has 2 aromatic heterocycles. The van der Waals surface area contributed by atoms with Crippen LogP contribution < -0.4 is 20.5 Å². The highest BCUT2D eigenvalue weighted by Crippen LogP contribution is 2.40. The highest BCUT2D eigenvalue weighted by atomic mass is 16.5.